The minimum Gasteiger partial charge on any atom is -0.423 e. The quantitative estimate of drug-likeness (QED) is 0.292. The number of benzene rings is 1. The molecule has 0 aliphatic rings. The Morgan fingerprint density at radius 3 is 2.35 bits per heavy atom. The monoisotopic (exact) mass is 354 g/mol. The van der Waals surface area contributed by atoms with Crippen molar-refractivity contribution in [2.45, 2.75) is 5.92 Å². The molecule has 1 aromatic carbocycles. The maximum atomic E-state index is 13.4. The number of nitrogens with zero attached hydrogens (tertiary/aromatic N) is 2. The van der Waals surface area contributed by atoms with E-state index in [9.17, 15) is 13.4 Å². The molecule has 3 aromatic rings. The first kappa shape index (κ1) is 17.7. The van der Waals surface area contributed by atoms with E-state index in [0.29, 0.717) is 11.4 Å². The maximum absolute atomic E-state index is 13.4. The number of aryl methyl sites for hydroxylation is 1. The van der Waals surface area contributed by atoms with Crippen LogP contribution in [0.15, 0.2) is 73.6 Å². The zero-order valence-corrected chi connectivity index (χ0v) is 14.2. The summed E-state index contributed by atoms with van der Waals surface area (Å²) in [6.45, 7) is 3.35. The Morgan fingerprint density at radius 1 is 1.12 bits per heavy atom. The fraction of sp³-hybridized carbons (Fsp3) is 0.105. The molecule has 0 bridgehead atoms. The van der Waals surface area contributed by atoms with Crippen molar-refractivity contribution in [1.82, 2.24) is 9.05 Å². The summed E-state index contributed by atoms with van der Waals surface area (Å²) in [6, 6.07) is 13.9. The van der Waals surface area contributed by atoms with Crippen molar-refractivity contribution in [3.63, 3.8) is 0 Å². The van der Waals surface area contributed by atoms with Gasteiger partial charge in [0.05, 0.1) is 5.92 Å². The molecule has 132 valence electrons. The second kappa shape index (κ2) is 7.43. The van der Waals surface area contributed by atoms with Gasteiger partial charge in [0, 0.05) is 30.7 Å². The molecule has 2 aromatic heterocycles. The standard InChI is InChI=1S/C19H17BF2N2O2/c1-3-18(25)26-15-10-8-14(9-11-15)19(16-6-4-12-23(16)2)17-7-5-13-24(17)20(21)22/h3-13,19H,1H2,2H3. The molecule has 7 heteroatoms. The highest BCUT2D eigenvalue weighted by Crippen LogP contribution is 2.33. The van der Waals surface area contributed by atoms with Crippen LogP contribution in [0.25, 0.3) is 0 Å². The van der Waals surface area contributed by atoms with E-state index in [0.717, 1.165) is 21.8 Å². The number of hydrogen-bond donors (Lipinski definition) is 0. The molecular weight excluding hydrogens is 337 g/mol. The number of carbonyl (C=O) groups is 1. The first-order valence-corrected chi connectivity index (χ1v) is 8.01. The fourth-order valence-electron chi connectivity index (χ4n) is 2.98. The summed E-state index contributed by atoms with van der Waals surface area (Å²) in [4.78, 5) is 11.3. The Hall–Kier alpha value is -3.09. The lowest BCUT2D eigenvalue weighted by Gasteiger charge is -2.21. The van der Waals surface area contributed by atoms with Crippen molar-refractivity contribution < 1.29 is 18.2 Å². The van der Waals surface area contributed by atoms with Crippen LogP contribution in [0.4, 0.5) is 8.63 Å². The van der Waals surface area contributed by atoms with Crippen LogP contribution in [0.1, 0.15) is 22.9 Å². The summed E-state index contributed by atoms with van der Waals surface area (Å²) >= 11 is 0. The number of esters is 1. The van der Waals surface area contributed by atoms with Gasteiger partial charge in [0.25, 0.3) is 0 Å². The van der Waals surface area contributed by atoms with Crippen molar-refractivity contribution in [1.29, 1.82) is 0 Å². The smallest absolute Gasteiger partial charge is 0.423 e. The average molecular weight is 354 g/mol. The third kappa shape index (κ3) is 3.47. The lowest BCUT2D eigenvalue weighted by atomic mass is 9.91. The second-order valence-electron chi connectivity index (χ2n) is 5.79. The van der Waals surface area contributed by atoms with Gasteiger partial charge >= 0.3 is 13.4 Å². The third-order valence-electron chi connectivity index (χ3n) is 4.20. The normalized spacial score (nSPS) is 11.8. The largest absolute Gasteiger partial charge is 0.677 e. The van der Waals surface area contributed by atoms with Crippen molar-refractivity contribution >= 4 is 13.4 Å². The van der Waals surface area contributed by atoms with E-state index in [-0.39, 0.29) is 5.92 Å². The Labute approximate surface area is 150 Å². The average Bonchev–Trinajstić information content (AvgIpc) is 3.27. The molecule has 0 aliphatic heterocycles. The Balaban J connectivity index is 2.04. The highest BCUT2D eigenvalue weighted by molar-refractivity contribution is 6.41. The van der Waals surface area contributed by atoms with Crippen LogP contribution < -0.4 is 4.74 Å². The van der Waals surface area contributed by atoms with E-state index >= 15 is 0 Å². The minimum absolute atomic E-state index is 0.369. The van der Waals surface area contributed by atoms with E-state index in [1.807, 2.05) is 29.9 Å². The topological polar surface area (TPSA) is 36.2 Å². The van der Waals surface area contributed by atoms with Crippen molar-refractivity contribution in [2.24, 2.45) is 7.05 Å². The van der Waals surface area contributed by atoms with Gasteiger partial charge in [-0.2, -0.15) is 0 Å². The lowest BCUT2D eigenvalue weighted by molar-refractivity contribution is -0.128. The Morgan fingerprint density at radius 2 is 1.77 bits per heavy atom. The molecular formula is C19H17BF2N2O2. The Bertz CT molecular complexity index is 916. The van der Waals surface area contributed by atoms with E-state index in [1.165, 1.54) is 6.20 Å². The highest BCUT2D eigenvalue weighted by atomic mass is 19.2. The van der Waals surface area contributed by atoms with Gasteiger partial charge in [-0.05, 0) is 48.2 Å². The third-order valence-corrected chi connectivity index (χ3v) is 4.20. The zero-order chi connectivity index (χ0) is 18.7. The molecule has 2 heterocycles. The van der Waals surface area contributed by atoms with Gasteiger partial charge in [-0.25, -0.2) is 4.79 Å². The molecule has 0 amide bonds. The number of carbonyl (C=O) groups excluding carboxylic acids is 1. The van der Waals surface area contributed by atoms with E-state index in [2.05, 4.69) is 6.58 Å². The van der Waals surface area contributed by atoms with Crippen LogP contribution in [0.5, 0.6) is 5.75 Å². The SMILES string of the molecule is C=CC(=O)Oc1ccc(C(c2cccn2C)c2cccn2B(F)F)cc1. The summed E-state index contributed by atoms with van der Waals surface area (Å²) in [5, 5.41) is 0. The summed E-state index contributed by atoms with van der Waals surface area (Å²) < 4.78 is 34.8. The lowest BCUT2D eigenvalue weighted by Crippen LogP contribution is -2.19. The molecule has 0 saturated carbocycles. The molecule has 26 heavy (non-hydrogen) atoms. The molecule has 0 aliphatic carbocycles. The van der Waals surface area contributed by atoms with Gasteiger partial charge < -0.3 is 13.8 Å². The highest BCUT2D eigenvalue weighted by Gasteiger charge is 2.27. The predicted molar refractivity (Wildman–Crippen MR) is 96.4 cm³/mol. The van der Waals surface area contributed by atoms with E-state index in [1.54, 1.807) is 36.4 Å². The summed E-state index contributed by atoms with van der Waals surface area (Å²) in [5.41, 5.74) is 2.17. The van der Waals surface area contributed by atoms with Gasteiger partial charge in [-0.15, -0.1) is 0 Å². The molecule has 4 nitrogen and oxygen atoms in total. The van der Waals surface area contributed by atoms with E-state index < -0.39 is 13.4 Å². The van der Waals surface area contributed by atoms with Crippen LogP contribution >= 0.6 is 0 Å². The van der Waals surface area contributed by atoms with Gasteiger partial charge in [0.15, 0.2) is 0 Å². The molecule has 1 unspecified atom stereocenters. The maximum Gasteiger partial charge on any atom is 0.677 e. The van der Waals surface area contributed by atoms with Crippen molar-refractivity contribution in [3.05, 3.63) is 90.5 Å². The van der Waals surface area contributed by atoms with Gasteiger partial charge in [-0.3, -0.25) is 8.63 Å². The molecule has 0 radical (unpaired) electrons. The number of ether oxygens (including phenoxy) is 1. The molecule has 0 spiro atoms. The molecule has 0 saturated heterocycles. The van der Waals surface area contributed by atoms with E-state index in [4.69, 9.17) is 4.74 Å². The van der Waals surface area contributed by atoms with Gasteiger partial charge in [-0.1, -0.05) is 18.7 Å². The fourth-order valence-corrected chi connectivity index (χ4v) is 2.98. The number of hydrogen-bond acceptors (Lipinski definition) is 2. The Kier molecular flexibility index (Phi) is 5.07. The van der Waals surface area contributed by atoms with Gasteiger partial charge in [0.2, 0.25) is 0 Å². The minimum atomic E-state index is -2.63. The van der Waals surface area contributed by atoms with Crippen molar-refractivity contribution in [3.8, 4) is 5.75 Å². The molecule has 3 rings (SSSR count). The number of aromatic nitrogens is 2. The van der Waals surface area contributed by atoms with Crippen LogP contribution in [0.2, 0.25) is 0 Å². The summed E-state index contributed by atoms with van der Waals surface area (Å²) in [5.74, 6) is -0.569. The summed E-state index contributed by atoms with van der Waals surface area (Å²) in [7, 11) is -0.756. The zero-order valence-electron chi connectivity index (χ0n) is 14.2. The van der Waals surface area contributed by atoms with Crippen LogP contribution in [0.3, 0.4) is 0 Å². The first-order valence-electron chi connectivity index (χ1n) is 8.01. The molecule has 0 N–H and O–H groups in total. The van der Waals surface area contributed by atoms with Crippen LogP contribution in [0, 0.1) is 0 Å². The molecule has 0 fully saturated rings. The van der Waals surface area contributed by atoms with Crippen LogP contribution in [-0.2, 0) is 11.8 Å². The predicted octanol–water partition coefficient (Wildman–Crippen LogP) is 3.87. The van der Waals surface area contributed by atoms with Gasteiger partial charge in [0.1, 0.15) is 5.75 Å². The molecule has 1 atom stereocenters. The number of rotatable bonds is 6. The first-order chi connectivity index (χ1) is 12.5. The summed E-state index contributed by atoms with van der Waals surface area (Å²) in [6.07, 6.45) is 4.32. The number of halogens is 2. The van der Waals surface area contributed by atoms with Crippen LogP contribution in [-0.4, -0.2) is 22.4 Å². The van der Waals surface area contributed by atoms with Crippen molar-refractivity contribution in [2.75, 3.05) is 0 Å². The second-order valence-corrected chi connectivity index (χ2v) is 5.79.